The van der Waals surface area contributed by atoms with Crippen molar-refractivity contribution in [3.63, 3.8) is 0 Å². The second-order valence-corrected chi connectivity index (χ2v) is 15.2. The highest BCUT2D eigenvalue weighted by molar-refractivity contribution is 6.11. The summed E-state index contributed by atoms with van der Waals surface area (Å²) in [5.41, 5.74) is 1.11. The molecular weight excluding hydrogens is 509 g/mol. The minimum absolute atomic E-state index is 1.11. The molecule has 0 aliphatic heterocycles. The average molecular weight is 597 g/mol. The van der Waals surface area contributed by atoms with Gasteiger partial charge >= 0.3 is 0 Å². The predicted octanol–water partition coefficient (Wildman–Crippen LogP) is 15.1. The molecule has 0 rings (SSSR count). The predicted molar refractivity (Wildman–Crippen MR) is 200 cm³/mol. The molecule has 0 N–H and O–H groups in total. The zero-order chi connectivity index (χ0) is 30.9. The molecule has 41 heavy (non-hydrogen) atoms. The minimum Gasteiger partial charge on any atom is -0.0654 e. The first kappa shape index (κ1) is 45.6. The SMILES string of the molecule is CCCCCCCC.CCCCCCCC.CCCCCCCCCCCCCCCCC([SiH3])CCCCCCC. The van der Waals surface area contributed by atoms with Gasteiger partial charge in [0.1, 0.15) is 0 Å². The fourth-order valence-electron chi connectivity index (χ4n) is 5.64. The summed E-state index contributed by atoms with van der Waals surface area (Å²) >= 11 is 0. The second-order valence-electron chi connectivity index (χ2n) is 13.5. The minimum atomic E-state index is 1.11. The van der Waals surface area contributed by atoms with Gasteiger partial charge in [-0.25, -0.2) is 0 Å². The topological polar surface area (TPSA) is 0 Å². The molecule has 0 nitrogen and oxygen atoms in total. The van der Waals surface area contributed by atoms with Gasteiger partial charge in [0.15, 0.2) is 0 Å². The average Bonchev–Trinajstić information content (AvgIpc) is 2.98. The zero-order valence-corrected chi connectivity index (χ0v) is 32.9. The molecule has 1 unspecified atom stereocenters. The molecule has 0 heterocycles. The fraction of sp³-hybridized carbons (Fsp3) is 1.00. The fourth-order valence-corrected chi connectivity index (χ4v) is 6.45. The van der Waals surface area contributed by atoms with Gasteiger partial charge in [0.2, 0.25) is 0 Å². The van der Waals surface area contributed by atoms with E-state index in [1.165, 1.54) is 222 Å². The molecule has 0 aromatic carbocycles. The molecule has 0 bridgehead atoms. The van der Waals surface area contributed by atoms with Crippen molar-refractivity contribution in [3.8, 4) is 0 Å². The lowest BCUT2D eigenvalue weighted by molar-refractivity contribution is 0.520. The first-order chi connectivity index (χ1) is 20.1. The van der Waals surface area contributed by atoms with Crippen molar-refractivity contribution in [3.05, 3.63) is 0 Å². The summed E-state index contributed by atoms with van der Waals surface area (Å²) in [5, 5.41) is 0. The van der Waals surface area contributed by atoms with Crippen LogP contribution in [0.3, 0.4) is 0 Å². The Bertz CT molecular complexity index is 355. The van der Waals surface area contributed by atoms with E-state index >= 15 is 0 Å². The van der Waals surface area contributed by atoms with Gasteiger partial charge in [-0.05, 0) is 0 Å². The van der Waals surface area contributed by atoms with Crippen molar-refractivity contribution in [2.24, 2.45) is 0 Å². The van der Waals surface area contributed by atoms with Gasteiger partial charge in [-0.3, -0.25) is 0 Å². The first-order valence-electron chi connectivity index (χ1n) is 20.1. The highest BCUT2D eigenvalue weighted by atomic mass is 28.1. The van der Waals surface area contributed by atoms with E-state index in [9.17, 15) is 0 Å². The molecule has 0 spiro atoms. The Balaban J connectivity index is -0.000000731. The summed E-state index contributed by atoms with van der Waals surface area (Å²) in [7, 11) is 1.43. The van der Waals surface area contributed by atoms with Crippen LogP contribution >= 0.6 is 0 Å². The molecule has 0 radical (unpaired) electrons. The van der Waals surface area contributed by atoms with Gasteiger partial charge in [0, 0.05) is 10.2 Å². The Hall–Kier alpha value is 0.217. The van der Waals surface area contributed by atoms with Crippen molar-refractivity contribution in [2.75, 3.05) is 0 Å². The van der Waals surface area contributed by atoms with Crippen LogP contribution in [0.5, 0.6) is 0 Å². The number of hydrogen-bond donors (Lipinski definition) is 0. The Labute approximate surface area is 268 Å². The Morgan fingerprint density at radius 3 is 0.561 bits per heavy atom. The normalized spacial score (nSPS) is 11.6. The van der Waals surface area contributed by atoms with Crippen LogP contribution in [0.15, 0.2) is 0 Å². The van der Waals surface area contributed by atoms with Crippen LogP contribution in [0, 0.1) is 0 Å². The van der Waals surface area contributed by atoms with E-state index in [0.29, 0.717) is 0 Å². The van der Waals surface area contributed by atoms with E-state index in [0.717, 1.165) is 5.54 Å². The van der Waals surface area contributed by atoms with Gasteiger partial charge in [0.25, 0.3) is 0 Å². The van der Waals surface area contributed by atoms with Crippen LogP contribution < -0.4 is 0 Å². The molecule has 0 amide bonds. The summed E-state index contributed by atoms with van der Waals surface area (Å²) in [5.74, 6) is 0. The van der Waals surface area contributed by atoms with Crippen LogP contribution in [0.2, 0.25) is 5.54 Å². The van der Waals surface area contributed by atoms with Crippen molar-refractivity contribution in [1.29, 1.82) is 0 Å². The van der Waals surface area contributed by atoms with Crippen LogP contribution in [0.4, 0.5) is 0 Å². The number of unbranched alkanes of at least 4 members (excludes halogenated alkanes) is 27. The summed E-state index contributed by atoms with van der Waals surface area (Å²) in [4.78, 5) is 0. The van der Waals surface area contributed by atoms with Gasteiger partial charge in [-0.1, -0.05) is 259 Å². The molecule has 0 saturated heterocycles. The highest BCUT2D eigenvalue weighted by Gasteiger charge is 2.02. The molecule has 0 aromatic rings. The maximum absolute atomic E-state index is 2.31. The van der Waals surface area contributed by atoms with E-state index in [4.69, 9.17) is 0 Å². The molecule has 0 aliphatic carbocycles. The van der Waals surface area contributed by atoms with Crippen molar-refractivity contribution in [1.82, 2.24) is 0 Å². The lowest BCUT2D eigenvalue weighted by Gasteiger charge is -2.11. The maximum Gasteiger partial charge on any atom is 0.00672 e. The molecule has 1 heteroatoms. The van der Waals surface area contributed by atoms with E-state index in [2.05, 4.69) is 41.5 Å². The quantitative estimate of drug-likeness (QED) is 0.0551. The third kappa shape index (κ3) is 53.2. The standard InChI is InChI=1S/C24H52Si.2C8H18/c1-3-5-7-9-10-11-12-13-14-15-16-17-19-21-23-24(25)22-20-18-8-6-4-2;2*1-3-5-7-8-6-4-2/h24H,3-23H2,1-2,25H3;2*3-8H2,1-2H3. The molecule has 1 atom stereocenters. The van der Waals surface area contributed by atoms with Crippen LogP contribution in [-0.4, -0.2) is 10.2 Å². The zero-order valence-electron chi connectivity index (χ0n) is 30.9. The smallest absolute Gasteiger partial charge is 0.00672 e. The Kier molecular flexibility index (Phi) is 52.5. The molecular formula is C40H88Si. The van der Waals surface area contributed by atoms with E-state index in [1.807, 2.05) is 0 Å². The highest BCUT2D eigenvalue weighted by Crippen LogP contribution is 2.21. The number of rotatable bonds is 31. The van der Waals surface area contributed by atoms with Crippen molar-refractivity contribution in [2.45, 2.75) is 259 Å². The van der Waals surface area contributed by atoms with Crippen molar-refractivity contribution < 1.29 is 0 Å². The third-order valence-electron chi connectivity index (χ3n) is 8.77. The van der Waals surface area contributed by atoms with E-state index in [-0.39, 0.29) is 0 Å². The van der Waals surface area contributed by atoms with Crippen molar-refractivity contribution >= 4 is 10.2 Å². The van der Waals surface area contributed by atoms with E-state index < -0.39 is 0 Å². The van der Waals surface area contributed by atoms with Gasteiger partial charge in [-0.15, -0.1) is 0 Å². The summed E-state index contributed by atoms with van der Waals surface area (Å²) < 4.78 is 0. The lowest BCUT2D eigenvalue weighted by atomic mass is 10.0. The van der Waals surface area contributed by atoms with Gasteiger partial charge < -0.3 is 0 Å². The van der Waals surface area contributed by atoms with Crippen LogP contribution in [-0.2, 0) is 0 Å². The number of hydrogen-bond acceptors (Lipinski definition) is 0. The first-order valence-corrected chi connectivity index (χ1v) is 21.3. The summed E-state index contributed by atoms with van der Waals surface area (Å²) in [6.07, 6.45) is 48.1. The van der Waals surface area contributed by atoms with Crippen LogP contribution in [0.25, 0.3) is 0 Å². The Morgan fingerprint density at radius 2 is 0.390 bits per heavy atom. The monoisotopic (exact) mass is 597 g/mol. The van der Waals surface area contributed by atoms with E-state index in [1.54, 1.807) is 0 Å². The second kappa shape index (κ2) is 47.2. The summed E-state index contributed by atoms with van der Waals surface area (Å²) in [6, 6.07) is 0. The van der Waals surface area contributed by atoms with Crippen LogP contribution in [0.1, 0.15) is 253 Å². The maximum atomic E-state index is 2.31. The molecule has 0 fully saturated rings. The molecule has 252 valence electrons. The Morgan fingerprint density at radius 1 is 0.244 bits per heavy atom. The summed E-state index contributed by atoms with van der Waals surface area (Å²) in [6.45, 7) is 13.6. The molecule has 0 aromatic heterocycles. The molecule has 0 saturated carbocycles. The van der Waals surface area contributed by atoms with Gasteiger partial charge in [-0.2, -0.15) is 0 Å². The van der Waals surface area contributed by atoms with Gasteiger partial charge in [0.05, 0.1) is 0 Å². The molecule has 0 aliphatic rings. The lowest BCUT2D eigenvalue weighted by Crippen LogP contribution is -1.93. The largest absolute Gasteiger partial charge is 0.0654 e. The third-order valence-corrected chi connectivity index (χ3v) is 9.92.